The Labute approximate surface area is 168 Å². The van der Waals surface area contributed by atoms with E-state index in [1.807, 2.05) is 67.6 Å². The van der Waals surface area contributed by atoms with Crippen molar-refractivity contribution in [2.75, 3.05) is 4.90 Å². The predicted octanol–water partition coefficient (Wildman–Crippen LogP) is 5.27. The van der Waals surface area contributed by atoms with Gasteiger partial charge in [0.25, 0.3) is 0 Å². The molecule has 3 heteroatoms. The topological polar surface area (TPSA) is 23.5 Å². The third-order valence-electron chi connectivity index (χ3n) is 4.54. The van der Waals surface area contributed by atoms with Gasteiger partial charge < -0.3 is 9.92 Å². The zero-order valence-corrected chi connectivity index (χ0v) is 16.1. The lowest BCUT2D eigenvalue weighted by Crippen LogP contribution is -2.15. The molecule has 28 heavy (non-hydrogen) atoms. The zero-order chi connectivity index (χ0) is 19.8. The molecule has 0 saturated heterocycles. The van der Waals surface area contributed by atoms with Crippen LogP contribution in [0, 0.1) is 0 Å². The van der Waals surface area contributed by atoms with Crippen LogP contribution in [0.2, 0.25) is 0 Å². The quantitative estimate of drug-likeness (QED) is 0.455. The van der Waals surface area contributed by atoms with E-state index in [4.69, 9.17) is 0 Å². The molecule has 3 rings (SSSR count). The molecule has 0 amide bonds. The highest BCUT2D eigenvalue weighted by Crippen LogP contribution is 2.34. The minimum atomic E-state index is 0.0448. The maximum absolute atomic E-state index is 9.34. The fourth-order valence-corrected chi connectivity index (χ4v) is 3.06. The van der Waals surface area contributed by atoms with E-state index < -0.39 is 0 Å². The van der Waals surface area contributed by atoms with E-state index in [9.17, 15) is 5.02 Å². The summed E-state index contributed by atoms with van der Waals surface area (Å²) < 4.78 is 0. The molecule has 3 aromatic rings. The van der Waals surface area contributed by atoms with E-state index in [-0.39, 0.29) is 7.48 Å². The van der Waals surface area contributed by atoms with E-state index in [0.717, 1.165) is 33.7 Å². The summed E-state index contributed by atoms with van der Waals surface area (Å²) in [5.74, 6) is 0. The Bertz CT molecular complexity index is 958. The maximum atomic E-state index is 9.34. The van der Waals surface area contributed by atoms with Crippen molar-refractivity contribution in [3.8, 4) is 0 Å². The molecule has 0 radical (unpaired) electrons. The average Bonchev–Trinajstić information content (AvgIpc) is 2.77. The Morgan fingerprint density at radius 3 is 1.96 bits per heavy atom. The third kappa shape index (κ3) is 4.51. The molecule has 0 spiro atoms. The normalized spacial score (nSPS) is 11.4. The second-order valence-electron chi connectivity index (χ2n) is 6.39. The van der Waals surface area contributed by atoms with Crippen molar-refractivity contribution in [3.63, 3.8) is 0 Å². The monoisotopic (exact) mass is 365 g/mol. The van der Waals surface area contributed by atoms with Crippen LogP contribution >= 0.6 is 0 Å². The number of allylic oxidation sites excluding steroid dienone is 5. The molecular formula is C25H24BNO. The van der Waals surface area contributed by atoms with Crippen LogP contribution in [0.5, 0.6) is 0 Å². The summed E-state index contributed by atoms with van der Waals surface area (Å²) in [6.07, 6.45) is 7.96. The number of anilines is 3. The maximum Gasteiger partial charge on any atom is 0.304 e. The number of nitrogens with zero attached hydrogens (tertiary/aromatic N) is 1. The first-order valence-corrected chi connectivity index (χ1v) is 9.37. The van der Waals surface area contributed by atoms with Crippen molar-refractivity contribution >= 4 is 35.6 Å². The molecule has 0 unspecified atom stereocenters. The smallest absolute Gasteiger partial charge is 0.304 e. The molecule has 0 aliphatic rings. The Morgan fingerprint density at radius 1 is 0.857 bits per heavy atom. The molecule has 1 N–H and O–H groups in total. The SMILES string of the molecule is C=C/C(=C\C=C/C)c1ccc(N(c2ccccc2)c2ccc(BO)cc2)cc1. The van der Waals surface area contributed by atoms with Crippen LogP contribution in [0.1, 0.15) is 12.5 Å². The van der Waals surface area contributed by atoms with Gasteiger partial charge in [0, 0.05) is 17.1 Å². The van der Waals surface area contributed by atoms with Crippen molar-refractivity contribution in [2.24, 2.45) is 0 Å². The van der Waals surface area contributed by atoms with Gasteiger partial charge in [-0.15, -0.1) is 0 Å². The molecule has 0 aliphatic carbocycles. The van der Waals surface area contributed by atoms with E-state index in [2.05, 4.69) is 54.0 Å². The number of para-hydroxylation sites is 1. The fraction of sp³-hybridized carbons (Fsp3) is 0.0400. The molecule has 2 nitrogen and oxygen atoms in total. The van der Waals surface area contributed by atoms with Crippen LogP contribution in [0.3, 0.4) is 0 Å². The lowest BCUT2D eigenvalue weighted by Gasteiger charge is -2.25. The summed E-state index contributed by atoms with van der Waals surface area (Å²) in [5.41, 5.74) is 6.31. The number of benzene rings is 3. The van der Waals surface area contributed by atoms with Gasteiger partial charge in [-0.2, -0.15) is 0 Å². The van der Waals surface area contributed by atoms with Crippen molar-refractivity contribution in [1.82, 2.24) is 0 Å². The molecular weight excluding hydrogens is 341 g/mol. The Kier molecular flexibility index (Phi) is 6.66. The third-order valence-corrected chi connectivity index (χ3v) is 4.54. The standard InChI is InChI=1S/C25H24BNO/c1-3-5-9-20(4-2)21-12-16-24(17-13-21)27(23-10-7-6-8-11-23)25-18-14-22(26-28)15-19-25/h3-19,26,28H,2H2,1H3/b5-3-,20-9+. The molecule has 0 aromatic heterocycles. The van der Waals surface area contributed by atoms with E-state index in [1.54, 1.807) is 0 Å². The van der Waals surface area contributed by atoms with Gasteiger partial charge in [-0.05, 0) is 54.5 Å². The van der Waals surface area contributed by atoms with Crippen molar-refractivity contribution in [3.05, 3.63) is 115 Å². The molecule has 0 saturated carbocycles. The van der Waals surface area contributed by atoms with Crippen molar-refractivity contribution < 1.29 is 5.02 Å². The van der Waals surface area contributed by atoms with Crippen molar-refractivity contribution in [1.29, 1.82) is 0 Å². The first kappa shape index (κ1) is 19.5. The molecule has 3 aromatic carbocycles. The summed E-state index contributed by atoms with van der Waals surface area (Å²) in [4.78, 5) is 2.20. The number of hydrogen-bond acceptors (Lipinski definition) is 2. The number of hydrogen-bond donors (Lipinski definition) is 1. The fourth-order valence-electron chi connectivity index (χ4n) is 3.06. The highest BCUT2D eigenvalue weighted by Gasteiger charge is 2.12. The van der Waals surface area contributed by atoms with Crippen LogP contribution in [-0.2, 0) is 0 Å². The van der Waals surface area contributed by atoms with Crippen LogP contribution in [0.4, 0.5) is 17.1 Å². The Morgan fingerprint density at radius 2 is 1.43 bits per heavy atom. The van der Waals surface area contributed by atoms with E-state index in [1.165, 1.54) is 0 Å². The summed E-state index contributed by atoms with van der Waals surface area (Å²) in [6.45, 7) is 5.93. The Balaban J connectivity index is 2.02. The van der Waals surface area contributed by atoms with Gasteiger partial charge >= 0.3 is 7.48 Å². The first-order chi connectivity index (χ1) is 13.8. The van der Waals surface area contributed by atoms with E-state index in [0.29, 0.717) is 0 Å². The van der Waals surface area contributed by atoms with Crippen LogP contribution < -0.4 is 10.4 Å². The molecule has 0 atom stereocenters. The lowest BCUT2D eigenvalue weighted by molar-refractivity contribution is 0.615. The highest BCUT2D eigenvalue weighted by atomic mass is 16.2. The van der Waals surface area contributed by atoms with Gasteiger partial charge in [-0.1, -0.05) is 78.8 Å². The number of rotatable bonds is 7. The van der Waals surface area contributed by atoms with Gasteiger partial charge in [0.15, 0.2) is 0 Å². The van der Waals surface area contributed by atoms with Gasteiger partial charge in [0.1, 0.15) is 0 Å². The molecule has 0 aliphatic heterocycles. The average molecular weight is 365 g/mol. The summed E-state index contributed by atoms with van der Waals surface area (Å²) in [5, 5.41) is 9.34. The van der Waals surface area contributed by atoms with E-state index >= 15 is 0 Å². The summed E-state index contributed by atoms with van der Waals surface area (Å²) in [7, 11) is 0.0448. The van der Waals surface area contributed by atoms with Gasteiger partial charge in [-0.3, -0.25) is 0 Å². The van der Waals surface area contributed by atoms with Crippen LogP contribution in [-0.4, -0.2) is 12.5 Å². The largest absolute Gasteiger partial charge is 0.449 e. The predicted molar refractivity (Wildman–Crippen MR) is 123 cm³/mol. The zero-order valence-electron chi connectivity index (χ0n) is 16.1. The molecule has 0 heterocycles. The minimum absolute atomic E-state index is 0.0448. The molecule has 0 bridgehead atoms. The first-order valence-electron chi connectivity index (χ1n) is 9.37. The van der Waals surface area contributed by atoms with Gasteiger partial charge in [-0.25, -0.2) is 0 Å². The lowest BCUT2D eigenvalue weighted by atomic mass is 9.89. The molecule has 0 fully saturated rings. The minimum Gasteiger partial charge on any atom is -0.449 e. The van der Waals surface area contributed by atoms with Crippen LogP contribution in [0.25, 0.3) is 5.57 Å². The summed E-state index contributed by atoms with van der Waals surface area (Å²) in [6, 6.07) is 26.7. The van der Waals surface area contributed by atoms with Crippen LogP contribution in [0.15, 0.2) is 110 Å². The van der Waals surface area contributed by atoms with Gasteiger partial charge in [0.2, 0.25) is 0 Å². The van der Waals surface area contributed by atoms with Crippen molar-refractivity contribution in [2.45, 2.75) is 6.92 Å². The molecule has 138 valence electrons. The Hall–Kier alpha value is -3.30. The summed E-state index contributed by atoms with van der Waals surface area (Å²) >= 11 is 0. The highest BCUT2D eigenvalue weighted by molar-refractivity contribution is 6.45. The second kappa shape index (κ2) is 9.59. The second-order valence-corrected chi connectivity index (χ2v) is 6.39. The van der Waals surface area contributed by atoms with Gasteiger partial charge in [0.05, 0.1) is 0 Å².